The van der Waals surface area contributed by atoms with E-state index in [4.69, 9.17) is 5.14 Å². The van der Waals surface area contributed by atoms with Crippen LogP contribution in [0.5, 0.6) is 0 Å². The fraction of sp³-hybridized carbons (Fsp3) is 0.133. The van der Waals surface area contributed by atoms with E-state index in [2.05, 4.69) is 10.6 Å². The van der Waals surface area contributed by atoms with Crippen LogP contribution in [-0.2, 0) is 16.4 Å². The van der Waals surface area contributed by atoms with E-state index in [-0.39, 0.29) is 18.0 Å². The van der Waals surface area contributed by atoms with Gasteiger partial charge in [0.15, 0.2) is 0 Å². The van der Waals surface area contributed by atoms with E-state index < -0.39 is 26.8 Å². The maximum absolute atomic E-state index is 13.4. The number of rotatable bonds is 5. The van der Waals surface area contributed by atoms with Gasteiger partial charge >= 0.3 is 6.03 Å². The van der Waals surface area contributed by atoms with Crippen LogP contribution in [0.25, 0.3) is 0 Å². The molecule has 6 nitrogen and oxygen atoms in total. The Morgan fingerprint density at radius 1 is 1.08 bits per heavy atom. The van der Waals surface area contributed by atoms with Crippen molar-refractivity contribution in [2.75, 3.05) is 11.9 Å². The normalized spacial score (nSPS) is 11.1. The van der Waals surface area contributed by atoms with Gasteiger partial charge in [0.1, 0.15) is 11.6 Å². The molecular formula is C15H15F2N3O3S. The molecule has 2 rings (SSSR count). The van der Waals surface area contributed by atoms with E-state index in [1.165, 1.54) is 12.1 Å². The van der Waals surface area contributed by atoms with Gasteiger partial charge < -0.3 is 10.6 Å². The Morgan fingerprint density at radius 2 is 1.83 bits per heavy atom. The Balaban J connectivity index is 1.94. The van der Waals surface area contributed by atoms with Crippen LogP contribution in [0.4, 0.5) is 19.3 Å². The molecule has 0 aliphatic carbocycles. The van der Waals surface area contributed by atoms with Crippen molar-refractivity contribution in [2.24, 2.45) is 5.14 Å². The number of nitrogens with one attached hydrogen (secondary N) is 2. The molecule has 0 heterocycles. The van der Waals surface area contributed by atoms with Crippen molar-refractivity contribution >= 4 is 21.7 Å². The molecule has 0 unspecified atom stereocenters. The van der Waals surface area contributed by atoms with Gasteiger partial charge in [0.25, 0.3) is 0 Å². The van der Waals surface area contributed by atoms with Crippen molar-refractivity contribution in [3.63, 3.8) is 0 Å². The topological polar surface area (TPSA) is 101 Å². The quantitative estimate of drug-likeness (QED) is 0.764. The predicted molar refractivity (Wildman–Crippen MR) is 84.9 cm³/mol. The molecular weight excluding hydrogens is 340 g/mol. The van der Waals surface area contributed by atoms with E-state index >= 15 is 0 Å². The number of carbonyl (C=O) groups excluding carboxylic acids is 1. The van der Waals surface area contributed by atoms with E-state index in [0.29, 0.717) is 12.0 Å². The molecule has 128 valence electrons. The van der Waals surface area contributed by atoms with Gasteiger partial charge in [0.05, 0.1) is 4.90 Å². The molecule has 0 fully saturated rings. The van der Waals surface area contributed by atoms with Crippen molar-refractivity contribution < 1.29 is 22.0 Å². The molecule has 0 saturated heterocycles. The Labute approximate surface area is 137 Å². The third kappa shape index (κ3) is 5.28. The van der Waals surface area contributed by atoms with Crippen LogP contribution in [0.15, 0.2) is 47.4 Å². The summed E-state index contributed by atoms with van der Waals surface area (Å²) < 4.78 is 48.9. The fourth-order valence-electron chi connectivity index (χ4n) is 1.99. The molecule has 24 heavy (non-hydrogen) atoms. The van der Waals surface area contributed by atoms with Crippen LogP contribution in [0, 0.1) is 11.6 Å². The number of amides is 2. The summed E-state index contributed by atoms with van der Waals surface area (Å²) in [6.45, 7) is 0.215. The fourth-order valence-corrected chi connectivity index (χ4v) is 2.56. The van der Waals surface area contributed by atoms with Gasteiger partial charge in [-0.25, -0.2) is 27.1 Å². The molecule has 2 aromatic carbocycles. The summed E-state index contributed by atoms with van der Waals surface area (Å²) in [6, 6.07) is 8.05. The number of carbonyl (C=O) groups is 1. The third-order valence-corrected chi connectivity index (χ3v) is 3.94. The van der Waals surface area contributed by atoms with Gasteiger partial charge in [-0.1, -0.05) is 12.1 Å². The summed E-state index contributed by atoms with van der Waals surface area (Å²) in [6.07, 6.45) is 0.400. The minimum Gasteiger partial charge on any atom is -0.338 e. The van der Waals surface area contributed by atoms with E-state index in [1.54, 1.807) is 12.1 Å². The van der Waals surface area contributed by atoms with Gasteiger partial charge in [-0.15, -0.1) is 0 Å². The number of benzene rings is 2. The number of hydrogen-bond acceptors (Lipinski definition) is 3. The second-order valence-electron chi connectivity index (χ2n) is 4.98. The van der Waals surface area contributed by atoms with Crippen molar-refractivity contribution in [3.05, 3.63) is 59.7 Å². The first kappa shape index (κ1) is 17.8. The summed E-state index contributed by atoms with van der Waals surface area (Å²) in [5.41, 5.74) is 0.653. The lowest BCUT2D eigenvalue weighted by Crippen LogP contribution is -2.30. The highest BCUT2D eigenvalue weighted by molar-refractivity contribution is 7.89. The number of nitrogens with two attached hydrogens (primary N) is 1. The van der Waals surface area contributed by atoms with Crippen molar-refractivity contribution in [3.8, 4) is 0 Å². The highest BCUT2D eigenvalue weighted by Crippen LogP contribution is 2.17. The number of hydrogen-bond donors (Lipinski definition) is 3. The van der Waals surface area contributed by atoms with E-state index in [1.807, 2.05) is 0 Å². The molecule has 4 N–H and O–H groups in total. The average molecular weight is 355 g/mol. The molecule has 0 atom stereocenters. The molecule has 0 aliphatic rings. The highest BCUT2D eigenvalue weighted by Gasteiger charge is 2.12. The first-order valence-electron chi connectivity index (χ1n) is 6.87. The summed E-state index contributed by atoms with van der Waals surface area (Å²) in [4.78, 5) is 11.3. The van der Waals surface area contributed by atoms with E-state index in [9.17, 15) is 22.0 Å². The second kappa shape index (κ2) is 7.37. The second-order valence-corrected chi connectivity index (χ2v) is 6.54. The van der Waals surface area contributed by atoms with Gasteiger partial charge in [0.2, 0.25) is 10.0 Å². The number of primary sulfonamides is 1. The van der Waals surface area contributed by atoms with Crippen LogP contribution in [0.3, 0.4) is 0 Å². The van der Waals surface area contributed by atoms with Crippen molar-refractivity contribution in [2.45, 2.75) is 11.3 Å². The molecule has 0 saturated carbocycles. The van der Waals surface area contributed by atoms with Gasteiger partial charge in [0, 0.05) is 12.2 Å². The monoisotopic (exact) mass is 355 g/mol. The Morgan fingerprint density at radius 3 is 2.50 bits per heavy atom. The van der Waals surface area contributed by atoms with Crippen LogP contribution >= 0.6 is 0 Å². The number of halogens is 2. The molecule has 9 heteroatoms. The molecule has 0 aromatic heterocycles. The summed E-state index contributed by atoms with van der Waals surface area (Å²) >= 11 is 0. The SMILES string of the molecule is NS(=O)(=O)c1cc(F)cc(NC(=O)NCCc2cccc(F)c2)c1. The molecule has 0 bridgehead atoms. The molecule has 0 radical (unpaired) electrons. The van der Waals surface area contributed by atoms with E-state index in [0.717, 1.165) is 18.2 Å². The van der Waals surface area contributed by atoms with Gasteiger partial charge in [-0.3, -0.25) is 0 Å². The lowest BCUT2D eigenvalue weighted by molar-refractivity contribution is 0.252. The zero-order chi connectivity index (χ0) is 17.7. The maximum Gasteiger partial charge on any atom is 0.319 e. The maximum atomic E-state index is 13.4. The minimum atomic E-state index is -4.09. The minimum absolute atomic E-state index is 0.0534. The van der Waals surface area contributed by atoms with Crippen LogP contribution in [-0.4, -0.2) is 21.0 Å². The number of urea groups is 1. The number of sulfonamides is 1. The molecule has 2 aromatic rings. The standard InChI is InChI=1S/C15H15F2N3O3S/c16-11-3-1-2-10(6-11)4-5-19-15(21)20-13-7-12(17)8-14(9-13)24(18,22)23/h1-3,6-9H,4-5H2,(H2,18,22,23)(H2,19,20,21). The van der Waals surface area contributed by atoms with Crippen LogP contribution < -0.4 is 15.8 Å². The summed E-state index contributed by atoms with van der Waals surface area (Å²) in [5.74, 6) is -1.22. The predicted octanol–water partition coefficient (Wildman–Crippen LogP) is 1.98. The summed E-state index contributed by atoms with van der Waals surface area (Å²) in [5, 5.41) is 9.74. The largest absolute Gasteiger partial charge is 0.338 e. The van der Waals surface area contributed by atoms with Crippen molar-refractivity contribution in [1.29, 1.82) is 0 Å². The van der Waals surface area contributed by atoms with Crippen molar-refractivity contribution in [1.82, 2.24) is 5.32 Å². The average Bonchev–Trinajstić information content (AvgIpc) is 2.45. The Hall–Kier alpha value is -2.52. The Kier molecular flexibility index (Phi) is 5.47. The first-order chi connectivity index (χ1) is 11.2. The first-order valence-corrected chi connectivity index (χ1v) is 8.41. The van der Waals surface area contributed by atoms with Crippen LogP contribution in [0.1, 0.15) is 5.56 Å². The summed E-state index contributed by atoms with van der Waals surface area (Å²) in [7, 11) is -4.09. The number of anilines is 1. The smallest absolute Gasteiger partial charge is 0.319 e. The zero-order valence-corrected chi connectivity index (χ0v) is 13.2. The highest BCUT2D eigenvalue weighted by atomic mass is 32.2. The van der Waals surface area contributed by atoms with Crippen LogP contribution in [0.2, 0.25) is 0 Å². The van der Waals surface area contributed by atoms with Gasteiger partial charge in [-0.2, -0.15) is 0 Å². The van der Waals surface area contributed by atoms with Gasteiger partial charge in [-0.05, 0) is 42.3 Å². The molecule has 0 aliphatic heterocycles. The Bertz CT molecular complexity index is 857. The third-order valence-electron chi connectivity index (χ3n) is 3.05. The lowest BCUT2D eigenvalue weighted by Gasteiger charge is -2.09. The molecule has 0 spiro atoms. The lowest BCUT2D eigenvalue weighted by atomic mass is 10.1. The molecule has 2 amide bonds. The zero-order valence-electron chi connectivity index (χ0n) is 12.4.